The molecule has 0 atom stereocenters. The van der Waals surface area contributed by atoms with Gasteiger partial charge in [-0.2, -0.15) is 0 Å². The van der Waals surface area contributed by atoms with Crippen molar-refractivity contribution in [2.24, 2.45) is 0 Å². The van der Waals surface area contributed by atoms with E-state index in [2.05, 4.69) is 10.3 Å². The number of nitrogens with zero attached hydrogens (tertiary/aromatic N) is 1. The Hall–Kier alpha value is -2.40. The van der Waals surface area contributed by atoms with Crippen LogP contribution in [0.1, 0.15) is 16.2 Å². The zero-order chi connectivity index (χ0) is 14.2. The monoisotopic (exact) mass is 272 g/mol. The van der Waals surface area contributed by atoms with E-state index in [1.54, 1.807) is 12.1 Å². The molecule has 0 aliphatic carbocycles. The van der Waals surface area contributed by atoms with Gasteiger partial charge < -0.3 is 15.2 Å². The average Bonchev–Trinajstić information content (AvgIpc) is 2.48. The highest BCUT2D eigenvalue weighted by Gasteiger charge is 2.04. The minimum atomic E-state index is -1.01. The van der Waals surface area contributed by atoms with Crippen LogP contribution in [0.4, 0.5) is 0 Å². The van der Waals surface area contributed by atoms with Crippen molar-refractivity contribution in [2.45, 2.75) is 6.54 Å². The summed E-state index contributed by atoms with van der Waals surface area (Å²) < 4.78 is 5.53. The van der Waals surface area contributed by atoms with Gasteiger partial charge in [-0.25, -0.2) is 9.78 Å². The molecule has 0 fully saturated rings. The van der Waals surface area contributed by atoms with Crippen LogP contribution in [0.25, 0.3) is 0 Å². The van der Waals surface area contributed by atoms with Crippen molar-refractivity contribution in [1.29, 1.82) is 0 Å². The van der Waals surface area contributed by atoms with E-state index in [4.69, 9.17) is 9.84 Å². The smallest absolute Gasteiger partial charge is 0.354 e. The molecule has 0 radical (unpaired) electrons. The lowest BCUT2D eigenvalue weighted by molar-refractivity contribution is 0.0690. The number of carbonyl (C=O) groups is 1. The van der Waals surface area contributed by atoms with Gasteiger partial charge in [0.1, 0.15) is 18.1 Å². The molecule has 2 aromatic rings. The van der Waals surface area contributed by atoms with Gasteiger partial charge in [-0.15, -0.1) is 0 Å². The summed E-state index contributed by atoms with van der Waals surface area (Å²) >= 11 is 0. The highest BCUT2D eigenvalue weighted by atomic mass is 16.5. The lowest BCUT2D eigenvalue weighted by Gasteiger charge is -2.07. The van der Waals surface area contributed by atoms with Crippen LogP contribution in [0.3, 0.4) is 0 Å². The van der Waals surface area contributed by atoms with E-state index in [1.807, 2.05) is 30.3 Å². The largest absolute Gasteiger partial charge is 0.492 e. The van der Waals surface area contributed by atoms with E-state index in [0.29, 0.717) is 25.4 Å². The van der Waals surface area contributed by atoms with E-state index >= 15 is 0 Å². The highest BCUT2D eigenvalue weighted by Crippen LogP contribution is 2.07. The standard InChI is InChI=1S/C15H16N2O3/c18-15(19)14-8-4-5-12(17-14)11-16-9-10-20-13-6-2-1-3-7-13/h1-8,16H,9-11H2,(H,18,19). The Kier molecular flexibility index (Phi) is 5.08. The van der Waals surface area contributed by atoms with Gasteiger partial charge in [0.05, 0.1) is 5.69 Å². The molecule has 2 rings (SSSR count). The number of para-hydroxylation sites is 1. The third-order valence-corrected chi connectivity index (χ3v) is 2.62. The molecule has 5 nitrogen and oxygen atoms in total. The first-order valence-corrected chi connectivity index (χ1v) is 6.33. The molecule has 104 valence electrons. The van der Waals surface area contributed by atoms with Crippen LogP contribution < -0.4 is 10.1 Å². The number of aromatic nitrogens is 1. The molecule has 2 N–H and O–H groups in total. The van der Waals surface area contributed by atoms with Crippen LogP contribution in [-0.4, -0.2) is 29.2 Å². The first-order valence-electron chi connectivity index (χ1n) is 6.33. The van der Waals surface area contributed by atoms with Gasteiger partial charge in [-0.3, -0.25) is 0 Å². The summed E-state index contributed by atoms with van der Waals surface area (Å²) in [5, 5.41) is 12.0. The molecule has 0 bridgehead atoms. The van der Waals surface area contributed by atoms with Crippen molar-refractivity contribution in [3.8, 4) is 5.75 Å². The lowest BCUT2D eigenvalue weighted by Crippen LogP contribution is -2.21. The predicted molar refractivity (Wildman–Crippen MR) is 74.8 cm³/mol. The maximum atomic E-state index is 10.8. The number of carboxylic acids is 1. The van der Waals surface area contributed by atoms with Crippen molar-refractivity contribution in [2.75, 3.05) is 13.2 Å². The zero-order valence-electron chi connectivity index (χ0n) is 11.0. The van der Waals surface area contributed by atoms with Crippen LogP contribution in [0.15, 0.2) is 48.5 Å². The third kappa shape index (κ3) is 4.37. The molecule has 0 amide bonds. The second-order valence-electron chi connectivity index (χ2n) is 4.16. The molecule has 1 aromatic heterocycles. The van der Waals surface area contributed by atoms with E-state index in [0.717, 1.165) is 5.75 Å². The lowest BCUT2D eigenvalue weighted by atomic mass is 10.3. The molecule has 0 saturated heterocycles. The Bertz CT molecular complexity index is 558. The fraction of sp³-hybridized carbons (Fsp3) is 0.200. The number of carboxylic acid groups (broad SMARTS) is 1. The summed E-state index contributed by atoms with van der Waals surface area (Å²) in [7, 11) is 0. The number of hydrogen-bond acceptors (Lipinski definition) is 4. The molecule has 20 heavy (non-hydrogen) atoms. The third-order valence-electron chi connectivity index (χ3n) is 2.62. The fourth-order valence-electron chi connectivity index (χ4n) is 1.67. The molecule has 0 unspecified atom stereocenters. The number of rotatable bonds is 7. The SMILES string of the molecule is O=C(O)c1cccc(CNCCOc2ccccc2)n1. The van der Waals surface area contributed by atoms with E-state index in [-0.39, 0.29) is 5.69 Å². The van der Waals surface area contributed by atoms with Crippen LogP contribution >= 0.6 is 0 Å². The summed E-state index contributed by atoms with van der Waals surface area (Å²) in [6, 6.07) is 14.5. The number of nitrogens with one attached hydrogen (secondary N) is 1. The Morgan fingerprint density at radius 3 is 2.70 bits per heavy atom. The normalized spacial score (nSPS) is 10.2. The van der Waals surface area contributed by atoms with Crippen molar-refractivity contribution in [3.05, 3.63) is 59.9 Å². The van der Waals surface area contributed by atoms with Crippen molar-refractivity contribution < 1.29 is 14.6 Å². The molecule has 1 heterocycles. The van der Waals surface area contributed by atoms with Crippen molar-refractivity contribution >= 4 is 5.97 Å². The summed E-state index contributed by atoms with van der Waals surface area (Å²) in [6.07, 6.45) is 0. The van der Waals surface area contributed by atoms with Crippen LogP contribution in [0.2, 0.25) is 0 Å². The quantitative estimate of drug-likeness (QED) is 0.754. The van der Waals surface area contributed by atoms with Gasteiger partial charge in [0.15, 0.2) is 0 Å². The topological polar surface area (TPSA) is 71.5 Å². The second-order valence-corrected chi connectivity index (χ2v) is 4.16. The fourth-order valence-corrected chi connectivity index (χ4v) is 1.67. The van der Waals surface area contributed by atoms with E-state index in [9.17, 15) is 4.79 Å². The van der Waals surface area contributed by atoms with Crippen molar-refractivity contribution in [1.82, 2.24) is 10.3 Å². The summed E-state index contributed by atoms with van der Waals surface area (Å²) in [5.41, 5.74) is 0.759. The van der Waals surface area contributed by atoms with Crippen LogP contribution in [0, 0.1) is 0 Å². The number of pyridine rings is 1. The van der Waals surface area contributed by atoms with Gasteiger partial charge in [0.2, 0.25) is 0 Å². The Balaban J connectivity index is 1.71. The van der Waals surface area contributed by atoms with Gasteiger partial charge in [0, 0.05) is 13.1 Å². The zero-order valence-corrected chi connectivity index (χ0v) is 11.0. The molecular weight excluding hydrogens is 256 g/mol. The van der Waals surface area contributed by atoms with Gasteiger partial charge in [-0.05, 0) is 24.3 Å². The van der Waals surface area contributed by atoms with Gasteiger partial charge >= 0.3 is 5.97 Å². The van der Waals surface area contributed by atoms with Gasteiger partial charge in [0.25, 0.3) is 0 Å². The summed E-state index contributed by atoms with van der Waals surface area (Å²) in [6.45, 7) is 1.72. The maximum Gasteiger partial charge on any atom is 0.354 e. The number of benzene rings is 1. The molecule has 0 saturated carbocycles. The van der Waals surface area contributed by atoms with E-state index < -0.39 is 5.97 Å². The van der Waals surface area contributed by atoms with Gasteiger partial charge in [-0.1, -0.05) is 24.3 Å². The average molecular weight is 272 g/mol. The minimum absolute atomic E-state index is 0.0600. The second kappa shape index (κ2) is 7.25. The highest BCUT2D eigenvalue weighted by molar-refractivity contribution is 5.85. The Morgan fingerprint density at radius 1 is 1.15 bits per heavy atom. The molecule has 1 aromatic carbocycles. The Morgan fingerprint density at radius 2 is 1.95 bits per heavy atom. The Labute approximate surface area is 117 Å². The summed E-state index contributed by atoms with van der Waals surface area (Å²) in [5.74, 6) is -0.181. The molecule has 0 spiro atoms. The molecule has 0 aliphatic heterocycles. The number of aromatic carboxylic acids is 1. The molecule has 0 aliphatic rings. The van der Waals surface area contributed by atoms with E-state index in [1.165, 1.54) is 6.07 Å². The first-order chi connectivity index (χ1) is 9.75. The first kappa shape index (κ1) is 14.0. The number of ether oxygens (including phenoxy) is 1. The predicted octanol–water partition coefficient (Wildman–Crippen LogP) is 1.95. The minimum Gasteiger partial charge on any atom is -0.492 e. The van der Waals surface area contributed by atoms with Crippen LogP contribution in [-0.2, 0) is 6.54 Å². The molecule has 5 heteroatoms. The van der Waals surface area contributed by atoms with Crippen LogP contribution in [0.5, 0.6) is 5.75 Å². The molecular formula is C15H16N2O3. The summed E-state index contributed by atoms with van der Waals surface area (Å²) in [4.78, 5) is 14.8. The maximum absolute atomic E-state index is 10.8. The van der Waals surface area contributed by atoms with Crippen molar-refractivity contribution in [3.63, 3.8) is 0 Å². The number of hydrogen-bond donors (Lipinski definition) is 2.